The first-order valence-corrected chi connectivity index (χ1v) is 14.2. The highest BCUT2D eigenvalue weighted by molar-refractivity contribution is 7.79. The zero-order valence-electron chi connectivity index (χ0n) is 21.4. The van der Waals surface area contributed by atoms with Gasteiger partial charge in [0.25, 0.3) is 5.89 Å². The van der Waals surface area contributed by atoms with Crippen molar-refractivity contribution in [3.63, 3.8) is 0 Å². The number of carbonyl (C=O) groups excluding carboxylic acids is 1. The van der Waals surface area contributed by atoms with Gasteiger partial charge in [-0.15, -0.1) is 0 Å². The van der Waals surface area contributed by atoms with Gasteiger partial charge in [0.05, 0.1) is 29.8 Å². The van der Waals surface area contributed by atoms with E-state index in [-0.39, 0.29) is 23.8 Å². The molecule has 2 atom stereocenters. The highest BCUT2D eigenvalue weighted by Crippen LogP contribution is 2.57. The largest absolute Gasteiger partial charge is 0.497 e. The number of hydrogen-bond acceptors (Lipinski definition) is 6. The van der Waals surface area contributed by atoms with E-state index < -0.39 is 27.6 Å². The molecular weight excluding hydrogens is 580 g/mol. The Balaban J connectivity index is 1.32. The lowest BCUT2D eigenvalue weighted by atomic mass is 9.94. The summed E-state index contributed by atoms with van der Waals surface area (Å²) in [5.74, 6) is -0.0833. The van der Waals surface area contributed by atoms with E-state index in [1.165, 1.54) is 19.2 Å². The van der Waals surface area contributed by atoms with Crippen LogP contribution in [-0.4, -0.2) is 31.9 Å². The number of ether oxygens (including phenoxy) is 1. The van der Waals surface area contributed by atoms with Crippen molar-refractivity contribution in [1.29, 1.82) is 0 Å². The average Bonchev–Trinajstić information content (AvgIpc) is 3.55. The molecule has 4 aromatic rings. The van der Waals surface area contributed by atoms with Crippen molar-refractivity contribution in [3.8, 4) is 17.2 Å². The van der Waals surface area contributed by atoms with E-state index in [9.17, 15) is 17.9 Å². The Hall–Kier alpha value is -3.31. The molecule has 12 heteroatoms. The lowest BCUT2D eigenvalue weighted by Crippen LogP contribution is -2.16. The molecule has 3 aromatic carbocycles. The Morgan fingerprint density at radius 3 is 2.42 bits per heavy atom. The number of benzene rings is 3. The Bertz CT molecular complexity index is 1580. The number of carbonyl (C=O) groups is 1. The molecule has 1 aromatic heterocycles. The first kappa shape index (κ1) is 28.2. The molecular formula is C28H24Cl2FN3O5S. The molecule has 5 rings (SSSR count). The zero-order chi connectivity index (χ0) is 28.6. The standard InChI is InChI=1S/C28H24Cl2FN3O5S/c1-15(40(36)37)17-5-3-16(4-6-17)11-24(35)32-18-12-21(29)25(22(30)13-18)28(9-10-28)27-33-26(39-34-27)20-8-7-19(38-2)14-23(20)31/h3-8,12-15H,9-11H2,1-2H3,(H,32,35)(H,36,37). The summed E-state index contributed by atoms with van der Waals surface area (Å²) in [7, 11) is 1.45. The minimum atomic E-state index is -1.97. The molecule has 1 aliphatic carbocycles. The Kier molecular flexibility index (Phi) is 7.96. The molecule has 2 unspecified atom stereocenters. The third kappa shape index (κ3) is 5.62. The van der Waals surface area contributed by atoms with Gasteiger partial charge in [-0.1, -0.05) is 52.6 Å². The lowest BCUT2D eigenvalue weighted by Gasteiger charge is -2.17. The van der Waals surface area contributed by atoms with Crippen LogP contribution < -0.4 is 10.1 Å². The van der Waals surface area contributed by atoms with Crippen LogP contribution in [0.5, 0.6) is 5.75 Å². The number of amides is 1. The summed E-state index contributed by atoms with van der Waals surface area (Å²) in [5, 5.41) is 7.06. The Morgan fingerprint density at radius 2 is 1.85 bits per heavy atom. The first-order chi connectivity index (χ1) is 19.1. The fourth-order valence-corrected chi connectivity index (χ4v) is 5.79. The molecule has 0 spiro atoms. The molecule has 208 valence electrons. The number of halogens is 3. The second kappa shape index (κ2) is 11.3. The van der Waals surface area contributed by atoms with Gasteiger partial charge in [0.15, 0.2) is 16.9 Å². The molecule has 1 heterocycles. The smallest absolute Gasteiger partial charge is 0.260 e. The van der Waals surface area contributed by atoms with Crippen LogP contribution in [0.15, 0.2) is 59.1 Å². The predicted molar refractivity (Wildman–Crippen MR) is 151 cm³/mol. The van der Waals surface area contributed by atoms with Crippen LogP contribution in [-0.2, 0) is 27.7 Å². The molecule has 2 N–H and O–H groups in total. The third-order valence-corrected chi connectivity index (χ3v) is 8.40. The molecule has 1 fully saturated rings. The fraction of sp³-hybridized carbons (Fsp3) is 0.250. The van der Waals surface area contributed by atoms with Crippen molar-refractivity contribution in [2.75, 3.05) is 12.4 Å². The van der Waals surface area contributed by atoms with Crippen LogP contribution in [0.4, 0.5) is 10.1 Å². The van der Waals surface area contributed by atoms with Gasteiger partial charge >= 0.3 is 0 Å². The molecule has 0 radical (unpaired) electrons. The quantitative estimate of drug-likeness (QED) is 0.204. The number of methoxy groups -OCH3 is 1. The van der Waals surface area contributed by atoms with Crippen LogP contribution >= 0.6 is 23.2 Å². The van der Waals surface area contributed by atoms with Crippen molar-refractivity contribution in [1.82, 2.24) is 10.1 Å². The topological polar surface area (TPSA) is 115 Å². The highest BCUT2D eigenvalue weighted by atomic mass is 35.5. The molecule has 1 amide bonds. The summed E-state index contributed by atoms with van der Waals surface area (Å²) < 4.78 is 45.5. The molecule has 8 nitrogen and oxygen atoms in total. The molecule has 1 aliphatic rings. The second-order valence-corrected chi connectivity index (χ2v) is 11.6. The van der Waals surface area contributed by atoms with Gasteiger partial charge in [-0.05, 0) is 55.2 Å². The number of anilines is 1. The molecule has 0 saturated heterocycles. The van der Waals surface area contributed by atoms with E-state index in [0.29, 0.717) is 51.3 Å². The zero-order valence-corrected chi connectivity index (χ0v) is 23.7. The SMILES string of the molecule is COc1ccc(-c2nc(C3(c4c(Cl)cc(NC(=O)Cc5ccc(C(C)S(=O)O)cc5)cc4Cl)CC3)no2)c(F)c1. The Morgan fingerprint density at radius 1 is 1.18 bits per heavy atom. The van der Waals surface area contributed by atoms with Crippen LogP contribution in [0.1, 0.15) is 47.5 Å². The van der Waals surface area contributed by atoms with Crippen LogP contribution in [0, 0.1) is 5.82 Å². The van der Waals surface area contributed by atoms with Gasteiger partial charge in [0, 0.05) is 27.4 Å². The minimum Gasteiger partial charge on any atom is -0.497 e. The van der Waals surface area contributed by atoms with Gasteiger partial charge in [-0.2, -0.15) is 4.98 Å². The van der Waals surface area contributed by atoms with Gasteiger partial charge in [-0.25, -0.2) is 8.60 Å². The van der Waals surface area contributed by atoms with Crippen molar-refractivity contribution in [3.05, 3.63) is 93.0 Å². The minimum absolute atomic E-state index is 0.0321. The van der Waals surface area contributed by atoms with E-state index in [0.717, 1.165) is 5.56 Å². The molecule has 1 saturated carbocycles. The maximum atomic E-state index is 14.6. The molecule has 0 aliphatic heterocycles. The normalized spacial score (nSPS) is 15.3. The van der Waals surface area contributed by atoms with Gasteiger partial charge in [0.2, 0.25) is 5.91 Å². The predicted octanol–water partition coefficient (Wildman–Crippen LogP) is 6.73. The molecule has 0 bridgehead atoms. The number of nitrogens with zero attached hydrogens (tertiary/aromatic N) is 2. The van der Waals surface area contributed by atoms with Crippen molar-refractivity contribution >= 4 is 45.9 Å². The van der Waals surface area contributed by atoms with Gasteiger partial charge in [0.1, 0.15) is 11.6 Å². The summed E-state index contributed by atoms with van der Waals surface area (Å²) in [5.41, 5.74) is 1.95. The molecule has 40 heavy (non-hydrogen) atoms. The maximum Gasteiger partial charge on any atom is 0.260 e. The monoisotopic (exact) mass is 603 g/mol. The fourth-order valence-electron chi connectivity index (χ4n) is 4.55. The van der Waals surface area contributed by atoms with Crippen LogP contribution in [0.2, 0.25) is 10.0 Å². The highest BCUT2D eigenvalue weighted by Gasteiger charge is 2.52. The number of nitrogens with one attached hydrogen (secondary N) is 1. The number of hydrogen-bond donors (Lipinski definition) is 2. The number of rotatable bonds is 9. The Labute approximate surface area is 242 Å². The van der Waals surface area contributed by atoms with Gasteiger partial charge in [-0.3, -0.25) is 4.79 Å². The van der Waals surface area contributed by atoms with E-state index in [1.807, 2.05) is 0 Å². The second-order valence-electron chi connectivity index (χ2n) is 9.55. The average molecular weight is 604 g/mol. The van der Waals surface area contributed by atoms with E-state index in [2.05, 4.69) is 15.5 Å². The van der Waals surface area contributed by atoms with E-state index in [4.69, 9.17) is 32.5 Å². The summed E-state index contributed by atoms with van der Waals surface area (Å²) in [6.07, 6.45) is 1.42. The maximum absolute atomic E-state index is 14.6. The number of aromatic nitrogens is 2. The lowest BCUT2D eigenvalue weighted by molar-refractivity contribution is -0.115. The third-order valence-electron chi connectivity index (χ3n) is 6.93. The summed E-state index contributed by atoms with van der Waals surface area (Å²) in [6.45, 7) is 1.65. The summed E-state index contributed by atoms with van der Waals surface area (Å²) in [6, 6.07) is 14.5. The van der Waals surface area contributed by atoms with Crippen LogP contribution in [0.3, 0.4) is 0 Å². The summed E-state index contributed by atoms with van der Waals surface area (Å²) >= 11 is 11.4. The first-order valence-electron chi connectivity index (χ1n) is 12.3. The van der Waals surface area contributed by atoms with E-state index in [1.54, 1.807) is 49.4 Å². The summed E-state index contributed by atoms with van der Waals surface area (Å²) in [4.78, 5) is 17.2. The van der Waals surface area contributed by atoms with Crippen molar-refractivity contribution < 1.29 is 27.2 Å². The van der Waals surface area contributed by atoms with Crippen molar-refractivity contribution in [2.45, 2.75) is 36.9 Å². The van der Waals surface area contributed by atoms with Gasteiger partial charge < -0.3 is 19.1 Å². The van der Waals surface area contributed by atoms with E-state index >= 15 is 0 Å². The van der Waals surface area contributed by atoms with Crippen LogP contribution in [0.25, 0.3) is 11.5 Å². The van der Waals surface area contributed by atoms with Crippen molar-refractivity contribution in [2.24, 2.45) is 0 Å².